The van der Waals surface area contributed by atoms with Crippen molar-refractivity contribution >= 4 is 66.4 Å². The van der Waals surface area contributed by atoms with Crippen LogP contribution in [0.5, 0.6) is 11.5 Å². The number of nitrogens with zero attached hydrogens (tertiary/aromatic N) is 5. The second kappa shape index (κ2) is 13.9. The van der Waals surface area contributed by atoms with Crippen molar-refractivity contribution in [2.75, 3.05) is 16.5 Å². The van der Waals surface area contributed by atoms with Gasteiger partial charge in [0.1, 0.15) is 24.0 Å². The summed E-state index contributed by atoms with van der Waals surface area (Å²) >= 11 is 0. The largest absolute Gasteiger partial charge is 0.457 e. The molecule has 298 valence electrons. The number of hydrogen-bond donors (Lipinski definition) is 0. The van der Waals surface area contributed by atoms with Gasteiger partial charge < -0.3 is 19.1 Å². The molecule has 3 aromatic heterocycles. The van der Waals surface area contributed by atoms with Gasteiger partial charge in [0.25, 0.3) is 0 Å². The van der Waals surface area contributed by atoms with Crippen molar-refractivity contribution in [1.82, 2.24) is 14.1 Å². The van der Waals surface area contributed by atoms with Crippen molar-refractivity contribution in [3.63, 3.8) is 0 Å². The van der Waals surface area contributed by atoms with Crippen LogP contribution in [-0.4, -0.2) is 20.8 Å². The lowest BCUT2D eigenvalue weighted by Gasteiger charge is -2.26. The molecule has 0 saturated heterocycles. The Kier molecular flexibility index (Phi) is 8.36. The van der Waals surface area contributed by atoms with E-state index in [0.29, 0.717) is 6.67 Å². The predicted molar refractivity (Wildman–Crippen MR) is 254 cm³/mol. The SMILES string of the molecule is Cc1cc(C)c(N2CN(c3cc(Oc4ccc5c6ccccc6n(-c6cc(C(C)(C)C)ccn6)c5c4)cc4c5ccccc5n(-c5ccccc5)c34)c3ccccc32)c(C)c1. The molecule has 0 radical (unpaired) electrons. The molecule has 0 unspecified atom stereocenters. The minimum Gasteiger partial charge on any atom is -0.457 e. The highest BCUT2D eigenvalue weighted by Gasteiger charge is 2.32. The van der Waals surface area contributed by atoms with Gasteiger partial charge in [-0.05, 0) is 110 Å². The first-order chi connectivity index (χ1) is 29.6. The van der Waals surface area contributed by atoms with Crippen LogP contribution in [0, 0.1) is 20.8 Å². The lowest BCUT2D eigenvalue weighted by molar-refractivity contribution is 0.484. The van der Waals surface area contributed by atoms with Gasteiger partial charge in [-0.2, -0.15) is 0 Å². The topological polar surface area (TPSA) is 38.5 Å². The number of aryl methyl sites for hydroxylation is 3. The van der Waals surface area contributed by atoms with Crippen LogP contribution in [0.4, 0.5) is 22.7 Å². The number of ether oxygens (including phenoxy) is 1. The zero-order chi connectivity index (χ0) is 41.6. The number of fused-ring (bicyclic) bond motifs is 7. The van der Waals surface area contributed by atoms with Crippen molar-refractivity contribution < 1.29 is 4.74 Å². The van der Waals surface area contributed by atoms with Crippen LogP contribution in [0.3, 0.4) is 0 Å². The number of anilines is 4. The molecule has 7 aromatic carbocycles. The van der Waals surface area contributed by atoms with E-state index in [-0.39, 0.29) is 5.41 Å². The summed E-state index contributed by atoms with van der Waals surface area (Å²) in [6, 6.07) is 56.7. The highest BCUT2D eigenvalue weighted by Crippen LogP contribution is 2.50. The standard InChI is InChI=1S/C55H47N5O/c1-35-28-36(2)53(37(3)29-35)58-34-57(48-22-14-15-23-49(48)58)51-33-41(31-45-43-19-11-12-20-46(43)59(54(45)51)39-16-8-7-9-17-39)61-40-24-25-44-42-18-10-13-21-47(42)60(50(44)32-40)52-30-38(26-27-56-52)55(4,5)6/h7-33H,34H2,1-6H3. The van der Waals surface area contributed by atoms with Crippen LogP contribution < -0.4 is 14.5 Å². The molecule has 0 saturated carbocycles. The highest BCUT2D eigenvalue weighted by atomic mass is 16.5. The van der Waals surface area contributed by atoms with Crippen LogP contribution >= 0.6 is 0 Å². The molecule has 6 nitrogen and oxygen atoms in total. The van der Waals surface area contributed by atoms with Crippen molar-refractivity contribution in [3.05, 3.63) is 186 Å². The van der Waals surface area contributed by atoms with Gasteiger partial charge in [-0.3, -0.25) is 4.57 Å². The first-order valence-corrected chi connectivity index (χ1v) is 21.1. The number of para-hydroxylation sites is 5. The van der Waals surface area contributed by atoms with Crippen molar-refractivity contribution in [2.45, 2.75) is 47.0 Å². The third-order valence-corrected chi connectivity index (χ3v) is 12.4. The van der Waals surface area contributed by atoms with E-state index in [1.165, 1.54) is 44.4 Å². The van der Waals surface area contributed by atoms with Gasteiger partial charge in [-0.25, -0.2) is 4.98 Å². The van der Waals surface area contributed by atoms with E-state index in [0.717, 1.165) is 67.2 Å². The summed E-state index contributed by atoms with van der Waals surface area (Å²) in [5.74, 6) is 2.42. The first kappa shape index (κ1) is 36.7. The average molecular weight is 794 g/mol. The van der Waals surface area contributed by atoms with Gasteiger partial charge in [0.2, 0.25) is 0 Å². The molecular weight excluding hydrogens is 747 g/mol. The lowest BCUT2D eigenvalue weighted by atomic mass is 9.88. The van der Waals surface area contributed by atoms with Gasteiger partial charge in [0.05, 0.1) is 39.1 Å². The summed E-state index contributed by atoms with van der Waals surface area (Å²) in [6.07, 6.45) is 1.93. The van der Waals surface area contributed by atoms with Crippen LogP contribution in [-0.2, 0) is 5.41 Å². The molecule has 0 spiro atoms. The maximum Gasteiger partial charge on any atom is 0.137 e. The second-order valence-electron chi connectivity index (χ2n) is 17.5. The summed E-state index contributed by atoms with van der Waals surface area (Å²) in [6.45, 7) is 14.0. The van der Waals surface area contributed by atoms with Gasteiger partial charge in [-0.15, -0.1) is 0 Å². The normalized spacial score (nSPS) is 13.0. The Bertz CT molecular complexity index is 3330. The molecule has 0 atom stereocenters. The molecule has 0 bridgehead atoms. The van der Waals surface area contributed by atoms with Gasteiger partial charge in [-0.1, -0.05) is 105 Å². The zero-order valence-electron chi connectivity index (χ0n) is 35.4. The fourth-order valence-electron chi connectivity index (χ4n) is 9.77. The van der Waals surface area contributed by atoms with E-state index in [4.69, 9.17) is 9.72 Å². The molecule has 4 heterocycles. The molecule has 0 amide bonds. The molecule has 61 heavy (non-hydrogen) atoms. The second-order valence-corrected chi connectivity index (χ2v) is 17.5. The number of benzene rings is 7. The Morgan fingerprint density at radius 2 is 1.13 bits per heavy atom. The van der Waals surface area contributed by atoms with Gasteiger partial charge in [0, 0.05) is 51.2 Å². The maximum atomic E-state index is 7.09. The fourth-order valence-corrected chi connectivity index (χ4v) is 9.77. The first-order valence-electron chi connectivity index (χ1n) is 21.1. The molecule has 10 aromatic rings. The highest BCUT2D eigenvalue weighted by molar-refractivity contribution is 6.15. The molecule has 0 aliphatic carbocycles. The van der Waals surface area contributed by atoms with Gasteiger partial charge in [0.15, 0.2) is 0 Å². The Morgan fingerprint density at radius 3 is 1.85 bits per heavy atom. The fraction of sp³-hybridized carbons (Fsp3) is 0.145. The van der Waals surface area contributed by atoms with Crippen LogP contribution in [0.2, 0.25) is 0 Å². The summed E-state index contributed by atoms with van der Waals surface area (Å²) in [5, 5.41) is 4.64. The van der Waals surface area contributed by atoms with Crippen molar-refractivity contribution in [3.8, 4) is 23.0 Å². The van der Waals surface area contributed by atoms with E-state index in [2.05, 4.69) is 218 Å². The zero-order valence-corrected chi connectivity index (χ0v) is 35.4. The summed E-state index contributed by atoms with van der Waals surface area (Å²) in [5.41, 5.74) is 15.2. The Hall–Kier alpha value is -7.31. The number of aromatic nitrogens is 3. The Morgan fingerprint density at radius 1 is 0.508 bits per heavy atom. The molecule has 6 heteroatoms. The Labute approximate surface area is 356 Å². The van der Waals surface area contributed by atoms with E-state index in [1.807, 2.05) is 6.20 Å². The Balaban J connectivity index is 1.13. The third kappa shape index (κ3) is 5.96. The third-order valence-electron chi connectivity index (χ3n) is 12.4. The van der Waals surface area contributed by atoms with E-state index >= 15 is 0 Å². The molecular formula is C55H47N5O. The maximum absolute atomic E-state index is 7.09. The molecule has 1 aliphatic heterocycles. The monoisotopic (exact) mass is 793 g/mol. The van der Waals surface area contributed by atoms with Crippen molar-refractivity contribution in [2.24, 2.45) is 0 Å². The smallest absolute Gasteiger partial charge is 0.137 e. The number of rotatable bonds is 6. The minimum atomic E-state index is -0.0185. The summed E-state index contributed by atoms with van der Waals surface area (Å²) < 4.78 is 11.8. The van der Waals surface area contributed by atoms with Gasteiger partial charge >= 0.3 is 0 Å². The molecule has 0 N–H and O–H groups in total. The predicted octanol–water partition coefficient (Wildman–Crippen LogP) is 14.5. The van der Waals surface area contributed by atoms with E-state index < -0.39 is 0 Å². The average Bonchev–Trinajstić information content (AvgIpc) is 3.91. The summed E-state index contributed by atoms with van der Waals surface area (Å²) in [7, 11) is 0. The van der Waals surface area contributed by atoms with Crippen LogP contribution in [0.25, 0.3) is 55.1 Å². The quantitative estimate of drug-likeness (QED) is 0.168. The molecule has 0 fully saturated rings. The van der Waals surface area contributed by atoms with Crippen molar-refractivity contribution in [1.29, 1.82) is 0 Å². The summed E-state index contributed by atoms with van der Waals surface area (Å²) in [4.78, 5) is 9.87. The van der Waals surface area contributed by atoms with Crippen LogP contribution in [0.15, 0.2) is 164 Å². The number of hydrogen-bond acceptors (Lipinski definition) is 4. The van der Waals surface area contributed by atoms with E-state index in [1.54, 1.807) is 0 Å². The van der Waals surface area contributed by atoms with Crippen LogP contribution in [0.1, 0.15) is 43.0 Å². The molecule has 1 aliphatic rings. The lowest BCUT2D eigenvalue weighted by Crippen LogP contribution is -2.25. The number of pyridine rings is 1. The minimum absolute atomic E-state index is 0.0185. The molecule has 11 rings (SSSR count). The van der Waals surface area contributed by atoms with E-state index in [9.17, 15) is 0 Å².